The van der Waals surface area contributed by atoms with E-state index in [0.29, 0.717) is 6.54 Å². The molecule has 0 aromatic rings. The molecule has 2 N–H and O–H groups in total. The van der Waals surface area contributed by atoms with Gasteiger partial charge in [-0.2, -0.15) is 0 Å². The van der Waals surface area contributed by atoms with Crippen molar-refractivity contribution < 1.29 is 19.8 Å². The van der Waals surface area contributed by atoms with Gasteiger partial charge in [-0.15, -0.1) is 6.58 Å². The van der Waals surface area contributed by atoms with E-state index in [1.807, 2.05) is 0 Å². The van der Waals surface area contributed by atoms with Gasteiger partial charge in [-0.3, -0.25) is 4.79 Å². The van der Waals surface area contributed by atoms with Crippen molar-refractivity contribution in [3.05, 3.63) is 12.7 Å². The van der Waals surface area contributed by atoms with Crippen molar-refractivity contribution in [2.45, 2.75) is 25.5 Å². The van der Waals surface area contributed by atoms with E-state index >= 15 is 0 Å². The van der Waals surface area contributed by atoms with E-state index in [9.17, 15) is 14.7 Å². The van der Waals surface area contributed by atoms with Crippen LogP contribution in [0.1, 0.15) is 13.3 Å². The minimum atomic E-state index is -1.18. The highest BCUT2D eigenvalue weighted by molar-refractivity contribution is 5.85. The fourth-order valence-electron chi connectivity index (χ4n) is 1.79. The fraction of sp³-hybridized carbons (Fsp3) is 0.600. The third kappa shape index (κ3) is 2.36. The third-order valence-corrected chi connectivity index (χ3v) is 2.57. The number of carboxylic acid groups (broad SMARTS) is 1. The Bertz CT molecular complexity index is 287. The van der Waals surface area contributed by atoms with E-state index in [1.165, 1.54) is 11.8 Å². The van der Waals surface area contributed by atoms with Crippen LogP contribution in [0, 0.1) is 5.92 Å². The summed E-state index contributed by atoms with van der Waals surface area (Å²) in [4.78, 5) is 23.6. The Morgan fingerprint density at radius 1 is 1.73 bits per heavy atom. The number of aliphatic carboxylic acids is 1. The first-order valence-electron chi connectivity index (χ1n) is 4.80. The summed E-state index contributed by atoms with van der Waals surface area (Å²) in [7, 11) is 0. The molecule has 0 radical (unpaired) electrons. The Hall–Kier alpha value is -1.36. The van der Waals surface area contributed by atoms with Gasteiger partial charge in [-0.05, 0) is 6.92 Å². The summed E-state index contributed by atoms with van der Waals surface area (Å²) in [5, 5.41) is 18.2. The highest BCUT2D eigenvalue weighted by atomic mass is 16.4. The van der Waals surface area contributed by atoms with E-state index < -0.39 is 18.1 Å². The van der Waals surface area contributed by atoms with Gasteiger partial charge in [0.1, 0.15) is 0 Å². The quantitative estimate of drug-likeness (QED) is 0.637. The van der Waals surface area contributed by atoms with Crippen LogP contribution >= 0.6 is 0 Å². The predicted octanol–water partition coefficient (Wildman–Crippen LogP) is -0.145. The van der Waals surface area contributed by atoms with Crippen LogP contribution in [0.15, 0.2) is 12.7 Å². The molecule has 5 nitrogen and oxygen atoms in total. The molecule has 1 fully saturated rings. The SMILES string of the molecule is C=CC1CC(=O)N([C@@H](C(=O)O)[C@H](C)O)C1. The number of aliphatic hydroxyl groups excluding tert-OH is 1. The van der Waals surface area contributed by atoms with Gasteiger partial charge in [-0.1, -0.05) is 6.08 Å². The molecule has 84 valence electrons. The summed E-state index contributed by atoms with van der Waals surface area (Å²) in [6.07, 6.45) is 0.841. The zero-order valence-corrected chi connectivity index (χ0v) is 8.59. The van der Waals surface area contributed by atoms with E-state index in [1.54, 1.807) is 6.08 Å². The molecular weight excluding hydrogens is 198 g/mol. The lowest BCUT2D eigenvalue weighted by Crippen LogP contribution is -2.48. The number of amides is 1. The molecule has 0 aromatic carbocycles. The molecule has 1 aliphatic rings. The molecule has 0 spiro atoms. The van der Waals surface area contributed by atoms with Crippen LogP contribution in [-0.2, 0) is 9.59 Å². The molecule has 5 heteroatoms. The molecule has 15 heavy (non-hydrogen) atoms. The molecule has 1 amide bonds. The second kappa shape index (κ2) is 4.44. The molecule has 0 aliphatic carbocycles. The van der Waals surface area contributed by atoms with Crippen LogP contribution in [0.4, 0.5) is 0 Å². The normalized spacial score (nSPS) is 25.1. The predicted molar refractivity (Wildman–Crippen MR) is 53.1 cm³/mol. The van der Waals surface area contributed by atoms with Gasteiger partial charge < -0.3 is 15.1 Å². The van der Waals surface area contributed by atoms with Crippen LogP contribution in [0.3, 0.4) is 0 Å². The molecule has 1 unspecified atom stereocenters. The first-order valence-corrected chi connectivity index (χ1v) is 4.80. The second-order valence-electron chi connectivity index (χ2n) is 3.77. The molecular formula is C10H15NO4. The first-order chi connectivity index (χ1) is 6.97. The number of aliphatic hydroxyl groups is 1. The first kappa shape index (κ1) is 11.7. The van der Waals surface area contributed by atoms with Crippen molar-refractivity contribution >= 4 is 11.9 Å². The summed E-state index contributed by atoms with van der Waals surface area (Å²) >= 11 is 0. The summed E-state index contributed by atoms with van der Waals surface area (Å²) in [5.41, 5.74) is 0. The minimum absolute atomic E-state index is 0.0156. The molecule has 0 bridgehead atoms. The summed E-state index contributed by atoms with van der Waals surface area (Å²) < 4.78 is 0. The number of carboxylic acids is 1. The molecule has 0 aromatic heterocycles. The van der Waals surface area contributed by atoms with E-state index in [4.69, 9.17) is 5.11 Å². The lowest BCUT2D eigenvalue weighted by Gasteiger charge is -2.26. The van der Waals surface area contributed by atoms with Crippen LogP contribution in [-0.4, -0.2) is 45.7 Å². The van der Waals surface area contributed by atoms with Gasteiger partial charge in [0, 0.05) is 18.9 Å². The number of hydrogen-bond donors (Lipinski definition) is 2. The second-order valence-corrected chi connectivity index (χ2v) is 3.77. The average molecular weight is 213 g/mol. The number of carbonyl (C=O) groups is 2. The van der Waals surface area contributed by atoms with Crippen molar-refractivity contribution in [3.8, 4) is 0 Å². The maximum absolute atomic E-state index is 11.5. The van der Waals surface area contributed by atoms with Crippen LogP contribution < -0.4 is 0 Å². The monoisotopic (exact) mass is 213 g/mol. The summed E-state index contributed by atoms with van der Waals surface area (Å²) in [6.45, 7) is 5.26. The van der Waals surface area contributed by atoms with E-state index in [2.05, 4.69) is 6.58 Å². The average Bonchev–Trinajstić information content (AvgIpc) is 2.46. The van der Waals surface area contributed by atoms with Gasteiger partial charge in [0.15, 0.2) is 6.04 Å². The zero-order chi connectivity index (χ0) is 11.6. The highest BCUT2D eigenvalue weighted by Gasteiger charge is 2.38. The van der Waals surface area contributed by atoms with E-state index in [-0.39, 0.29) is 18.2 Å². The van der Waals surface area contributed by atoms with Crippen LogP contribution in [0.5, 0.6) is 0 Å². The molecule has 3 atom stereocenters. The smallest absolute Gasteiger partial charge is 0.329 e. The topological polar surface area (TPSA) is 77.8 Å². The van der Waals surface area contributed by atoms with Crippen molar-refractivity contribution in [1.29, 1.82) is 0 Å². The van der Waals surface area contributed by atoms with Crippen molar-refractivity contribution in [2.24, 2.45) is 5.92 Å². The Kier molecular flexibility index (Phi) is 3.47. The number of rotatable bonds is 4. The van der Waals surface area contributed by atoms with Gasteiger partial charge in [0.25, 0.3) is 0 Å². The van der Waals surface area contributed by atoms with Crippen molar-refractivity contribution in [2.75, 3.05) is 6.54 Å². The minimum Gasteiger partial charge on any atom is -0.480 e. The Morgan fingerprint density at radius 3 is 2.67 bits per heavy atom. The van der Waals surface area contributed by atoms with Crippen LogP contribution in [0.2, 0.25) is 0 Å². The molecule has 1 heterocycles. The Balaban J connectivity index is 2.81. The van der Waals surface area contributed by atoms with Crippen molar-refractivity contribution in [1.82, 2.24) is 4.90 Å². The number of carbonyl (C=O) groups excluding carboxylic acids is 1. The summed E-state index contributed by atoms with van der Waals surface area (Å²) in [6, 6.07) is -1.15. The number of hydrogen-bond acceptors (Lipinski definition) is 3. The van der Waals surface area contributed by atoms with E-state index in [0.717, 1.165) is 0 Å². The van der Waals surface area contributed by atoms with Crippen LogP contribution in [0.25, 0.3) is 0 Å². The zero-order valence-electron chi connectivity index (χ0n) is 8.59. The lowest BCUT2D eigenvalue weighted by atomic mass is 10.1. The number of nitrogens with zero attached hydrogens (tertiary/aromatic N) is 1. The Labute approximate surface area is 88.0 Å². The largest absolute Gasteiger partial charge is 0.480 e. The van der Waals surface area contributed by atoms with Gasteiger partial charge in [-0.25, -0.2) is 4.79 Å². The third-order valence-electron chi connectivity index (χ3n) is 2.57. The fourth-order valence-corrected chi connectivity index (χ4v) is 1.79. The van der Waals surface area contributed by atoms with Gasteiger partial charge in [0.2, 0.25) is 5.91 Å². The van der Waals surface area contributed by atoms with Gasteiger partial charge >= 0.3 is 5.97 Å². The lowest BCUT2D eigenvalue weighted by molar-refractivity contribution is -0.152. The maximum Gasteiger partial charge on any atom is 0.329 e. The molecule has 0 saturated carbocycles. The standard InChI is InChI=1S/C10H15NO4/c1-3-7-4-8(13)11(5-7)9(6(2)12)10(14)15/h3,6-7,9,12H,1,4-5H2,2H3,(H,14,15)/t6-,7?,9+/m0/s1. The number of likely N-dealkylation sites (tertiary alicyclic amines) is 1. The molecule has 1 aliphatic heterocycles. The van der Waals surface area contributed by atoms with Crippen molar-refractivity contribution in [3.63, 3.8) is 0 Å². The maximum atomic E-state index is 11.5. The van der Waals surface area contributed by atoms with Gasteiger partial charge in [0.05, 0.1) is 6.10 Å². The molecule has 1 saturated heterocycles. The Morgan fingerprint density at radius 2 is 2.33 bits per heavy atom. The highest BCUT2D eigenvalue weighted by Crippen LogP contribution is 2.22. The summed E-state index contributed by atoms with van der Waals surface area (Å²) in [5.74, 6) is -1.44. The molecule has 1 rings (SSSR count).